The summed E-state index contributed by atoms with van der Waals surface area (Å²) >= 11 is 3.50. The largest absolute Gasteiger partial charge is 0.380 e. The zero-order valence-corrected chi connectivity index (χ0v) is 13.0. The van der Waals surface area contributed by atoms with E-state index in [1.807, 2.05) is 12.3 Å². The highest BCUT2D eigenvalue weighted by molar-refractivity contribution is 9.10. The molecule has 104 valence electrons. The van der Waals surface area contributed by atoms with Crippen molar-refractivity contribution in [3.63, 3.8) is 0 Å². The van der Waals surface area contributed by atoms with Gasteiger partial charge in [-0.2, -0.15) is 0 Å². The summed E-state index contributed by atoms with van der Waals surface area (Å²) < 4.78 is 0.908. The molecule has 3 heteroatoms. The first kappa shape index (κ1) is 13.6. The fraction of sp³-hybridized carbons (Fsp3) is 0.353. The fourth-order valence-corrected chi connectivity index (χ4v) is 3.37. The van der Waals surface area contributed by atoms with Crippen molar-refractivity contribution in [2.75, 3.05) is 5.32 Å². The quantitative estimate of drug-likeness (QED) is 0.802. The van der Waals surface area contributed by atoms with Crippen molar-refractivity contribution in [2.24, 2.45) is 0 Å². The summed E-state index contributed by atoms with van der Waals surface area (Å²) in [5.41, 5.74) is 2.60. The van der Waals surface area contributed by atoms with Gasteiger partial charge < -0.3 is 5.32 Å². The van der Waals surface area contributed by atoms with Gasteiger partial charge in [-0.1, -0.05) is 30.3 Å². The summed E-state index contributed by atoms with van der Waals surface area (Å²) in [6.45, 7) is 0. The number of rotatable bonds is 3. The minimum absolute atomic E-state index is 0.565. The molecule has 1 saturated carbocycles. The molecule has 1 aliphatic rings. The minimum Gasteiger partial charge on any atom is -0.380 e. The van der Waals surface area contributed by atoms with Crippen LogP contribution >= 0.6 is 15.9 Å². The Morgan fingerprint density at radius 1 is 0.950 bits per heavy atom. The number of nitrogens with one attached hydrogen (secondary N) is 1. The van der Waals surface area contributed by atoms with Crippen molar-refractivity contribution in [2.45, 2.75) is 37.6 Å². The van der Waals surface area contributed by atoms with Gasteiger partial charge in [-0.25, -0.2) is 4.98 Å². The third-order valence-corrected chi connectivity index (χ3v) is 4.75. The Hall–Kier alpha value is -1.35. The maximum absolute atomic E-state index is 4.26. The van der Waals surface area contributed by atoms with E-state index in [0.717, 1.165) is 16.2 Å². The van der Waals surface area contributed by atoms with Gasteiger partial charge in [-0.15, -0.1) is 0 Å². The van der Waals surface area contributed by atoms with Crippen LogP contribution < -0.4 is 5.32 Å². The van der Waals surface area contributed by atoms with Crippen molar-refractivity contribution in [1.29, 1.82) is 0 Å². The van der Waals surface area contributed by atoms with Gasteiger partial charge in [0, 0.05) is 12.2 Å². The summed E-state index contributed by atoms with van der Waals surface area (Å²) in [7, 11) is 0. The molecule has 0 radical (unpaired) electrons. The Kier molecular flexibility index (Phi) is 4.36. The van der Waals surface area contributed by atoms with Crippen molar-refractivity contribution in [1.82, 2.24) is 4.98 Å². The van der Waals surface area contributed by atoms with Gasteiger partial charge in [-0.3, -0.25) is 0 Å². The Labute approximate surface area is 128 Å². The van der Waals surface area contributed by atoms with Gasteiger partial charge in [-0.05, 0) is 65.2 Å². The number of nitrogens with zero attached hydrogens (tertiary/aromatic N) is 1. The first-order valence-corrected chi connectivity index (χ1v) is 8.04. The standard InChI is InChI=1S/C17H19BrN2/c18-17-16(7-4-12-19-17)20-15-10-8-14(9-11-15)13-5-2-1-3-6-13/h1-7,12,14-15,20H,8-11H2. The lowest BCUT2D eigenvalue weighted by Crippen LogP contribution is -2.25. The highest BCUT2D eigenvalue weighted by Crippen LogP contribution is 2.34. The third-order valence-electron chi connectivity index (χ3n) is 4.12. The molecule has 0 spiro atoms. The Bertz CT molecular complexity index is 548. The Morgan fingerprint density at radius 3 is 2.40 bits per heavy atom. The molecule has 1 aliphatic carbocycles. The molecule has 1 N–H and O–H groups in total. The number of aromatic nitrogens is 1. The van der Waals surface area contributed by atoms with Gasteiger partial charge in [0.2, 0.25) is 0 Å². The van der Waals surface area contributed by atoms with Gasteiger partial charge in [0.05, 0.1) is 5.69 Å². The van der Waals surface area contributed by atoms with Crippen molar-refractivity contribution >= 4 is 21.6 Å². The summed E-state index contributed by atoms with van der Waals surface area (Å²) in [5, 5.41) is 3.61. The van der Waals surface area contributed by atoms with Crippen LogP contribution in [0.3, 0.4) is 0 Å². The van der Waals surface area contributed by atoms with Crippen LogP contribution in [0.5, 0.6) is 0 Å². The average Bonchev–Trinajstić information content (AvgIpc) is 2.51. The van der Waals surface area contributed by atoms with Gasteiger partial charge in [0.1, 0.15) is 4.60 Å². The van der Waals surface area contributed by atoms with E-state index in [4.69, 9.17) is 0 Å². The first-order valence-electron chi connectivity index (χ1n) is 7.25. The van der Waals surface area contributed by atoms with Crippen LogP contribution in [0.15, 0.2) is 53.3 Å². The van der Waals surface area contributed by atoms with Crippen LogP contribution in [-0.4, -0.2) is 11.0 Å². The van der Waals surface area contributed by atoms with Crippen LogP contribution in [0, 0.1) is 0 Å². The molecule has 20 heavy (non-hydrogen) atoms. The van der Waals surface area contributed by atoms with Gasteiger partial charge >= 0.3 is 0 Å². The molecule has 1 heterocycles. The number of anilines is 1. The maximum atomic E-state index is 4.26. The van der Waals surface area contributed by atoms with Gasteiger partial charge in [0.25, 0.3) is 0 Å². The van der Waals surface area contributed by atoms with Crippen molar-refractivity contribution in [3.8, 4) is 0 Å². The van der Waals surface area contributed by atoms with Crippen LogP contribution in [0.25, 0.3) is 0 Å². The Balaban J connectivity index is 1.58. The van der Waals surface area contributed by atoms with Crippen LogP contribution in [0.2, 0.25) is 0 Å². The number of pyridine rings is 1. The van der Waals surface area contributed by atoms with Crippen LogP contribution in [0.4, 0.5) is 5.69 Å². The summed E-state index contributed by atoms with van der Waals surface area (Å²) in [6.07, 6.45) is 6.78. The molecule has 1 aromatic heterocycles. The molecule has 1 aromatic carbocycles. The molecule has 0 amide bonds. The van der Waals surface area contributed by atoms with Crippen LogP contribution in [0.1, 0.15) is 37.2 Å². The number of hydrogen-bond acceptors (Lipinski definition) is 2. The van der Waals surface area contributed by atoms with E-state index in [-0.39, 0.29) is 0 Å². The predicted octanol–water partition coefficient (Wildman–Crippen LogP) is 4.98. The van der Waals surface area contributed by atoms with Crippen molar-refractivity contribution < 1.29 is 0 Å². The number of hydrogen-bond donors (Lipinski definition) is 1. The van der Waals surface area contributed by atoms with E-state index in [2.05, 4.69) is 62.6 Å². The second-order valence-electron chi connectivity index (χ2n) is 5.45. The van der Waals surface area contributed by atoms with Crippen LogP contribution in [-0.2, 0) is 0 Å². The molecular weight excluding hydrogens is 312 g/mol. The van der Waals surface area contributed by atoms with Crippen molar-refractivity contribution in [3.05, 3.63) is 58.8 Å². The molecule has 0 bridgehead atoms. The highest BCUT2D eigenvalue weighted by atomic mass is 79.9. The lowest BCUT2D eigenvalue weighted by Gasteiger charge is -2.30. The van der Waals surface area contributed by atoms with E-state index >= 15 is 0 Å². The molecule has 0 aliphatic heterocycles. The molecule has 0 atom stereocenters. The van der Waals surface area contributed by atoms with E-state index in [9.17, 15) is 0 Å². The average molecular weight is 331 g/mol. The lowest BCUT2D eigenvalue weighted by atomic mass is 9.82. The highest BCUT2D eigenvalue weighted by Gasteiger charge is 2.22. The fourth-order valence-electron chi connectivity index (χ4n) is 3.01. The molecule has 1 fully saturated rings. The topological polar surface area (TPSA) is 24.9 Å². The monoisotopic (exact) mass is 330 g/mol. The minimum atomic E-state index is 0.565. The molecule has 2 aromatic rings. The van der Waals surface area contributed by atoms with E-state index in [1.165, 1.54) is 31.2 Å². The number of benzene rings is 1. The lowest BCUT2D eigenvalue weighted by molar-refractivity contribution is 0.412. The summed E-state index contributed by atoms with van der Waals surface area (Å²) in [4.78, 5) is 4.26. The third kappa shape index (κ3) is 3.21. The predicted molar refractivity (Wildman–Crippen MR) is 87.0 cm³/mol. The zero-order chi connectivity index (χ0) is 13.8. The first-order chi connectivity index (χ1) is 9.83. The van der Waals surface area contributed by atoms with E-state index in [0.29, 0.717) is 6.04 Å². The molecule has 2 nitrogen and oxygen atoms in total. The SMILES string of the molecule is Brc1ncccc1NC1CCC(c2ccccc2)CC1. The Morgan fingerprint density at radius 2 is 1.70 bits per heavy atom. The summed E-state index contributed by atoms with van der Waals surface area (Å²) in [6, 6.07) is 15.5. The zero-order valence-electron chi connectivity index (χ0n) is 11.4. The molecular formula is C17H19BrN2. The normalized spacial score (nSPS) is 22.4. The second-order valence-corrected chi connectivity index (χ2v) is 6.20. The molecule has 0 saturated heterocycles. The maximum Gasteiger partial charge on any atom is 0.129 e. The smallest absolute Gasteiger partial charge is 0.129 e. The molecule has 3 rings (SSSR count). The number of halogens is 1. The van der Waals surface area contributed by atoms with Gasteiger partial charge in [0.15, 0.2) is 0 Å². The van der Waals surface area contributed by atoms with E-state index < -0.39 is 0 Å². The van der Waals surface area contributed by atoms with E-state index in [1.54, 1.807) is 0 Å². The molecule has 0 unspecified atom stereocenters. The summed E-state index contributed by atoms with van der Waals surface area (Å²) in [5.74, 6) is 0.728. The second kappa shape index (κ2) is 6.40.